The first-order chi connectivity index (χ1) is 10.7. The van der Waals surface area contributed by atoms with Gasteiger partial charge in [0.25, 0.3) is 5.91 Å². The molecule has 1 aromatic carbocycles. The average molecular weight is 344 g/mol. The normalized spacial score (nSPS) is 11.5. The van der Waals surface area contributed by atoms with Crippen LogP contribution in [0.25, 0.3) is 0 Å². The van der Waals surface area contributed by atoms with Crippen molar-refractivity contribution in [3.8, 4) is 0 Å². The van der Waals surface area contributed by atoms with Crippen LogP contribution in [0.5, 0.6) is 0 Å². The second-order valence-corrected chi connectivity index (χ2v) is 6.12. The first kappa shape index (κ1) is 17.4. The number of anilines is 1. The maximum absolute atomic E-state index is 12.1. The lowest BCUT2D eigenvalue weighted by Gasteiger charge is -2.08. The molecule has 2 aromatic rings. The number of alkyl halides is 3. The third-order valence-electron chi connectivity index (χ3n) is 3.00. The van der Waals surface area contributed by atoms with Crippen molar-refractivity contribution in [1.82, 2.24) is 4.98 Å². The predicted molar refractivity (Wildman–Crippen MR) is 81.7 cm³/mol. The fraction of sp³-hybridized carbons (Fsp3) is 0.333. The van der Waals surface area contributed by atoms with Crippen LogP contribution in [0.4, 0.5) is 18.3 Å². The fourth-order valence-electron chi connectivity index (χ4n) is 1.73. The molecule has 124 valence electrons. The van der Waals surface area contributed by atoms with E-state index in [-0.39, 0.29) is 12.5 Å². The van der Waals surface area contributed by atoms with Crippen LogP contribution in [0.15, 0.2) is 24.3 Å². The molecule has 0 aliphatic rings. The van der Waals surface area contributed by atoms with Gasteiger partial charge in [-0.2, -0.15) is 13.2 Å². The summed E-state index contributed by atoms with van der Waals surface area (Å²) in [4.78, 5) is 17.3. The molecule has 0 saturated heterocycles. The summed E-state index contributed by atoms with van der Waals surface area (Å²) in [6.45, 7) is 2.32. The van der Waals surface area contributed by atoms with Crippen molar-refractivity contribution >= 4 is 22.4 Å². The molecule has 0 radical (unpaired) electrons. The average Bonchev–Trinajstić information content (AvgIpc) is 2.76. The lowest BCUT2D eigenvalue weighted by Crippen LogP contribution is -2.16. The standard InChI is InChI=1S/C15H15F3N2O2S/c1-9-10(2)23-14(19-9)20-13(21)12-5-3-11(4-6-12)7-22-8-15(16,17)18/h3-6H,7-8H2,1-2H3,(H,19,20,21). The number of hydrogen-bond acceptors (Lipinski definition) is 4. The maximum Gasteiger partial charge on any atom is 0.411 e. The number of rotatable bonds is 5. The Labute approximate surface area is 135 Å². The summed E-state index contributed by atoms with van der Waals surface area (Å²) in [7, 11) is 0. The molecule has 8 heteroatoms. The second kappa shape index (κ2) is 7.10. The van der Waals surface area contributed by atoms with E-state index < -0.39 is 12.8 Å². The van der Waals surface area contributed by atoms with Crippen molar-refractivity contribution in [1.29, 1.82) is 0 Å². The zero-order chi connectivity index (χ0) is 17.0. The summed E-state index contributed by atoms with van der Waals surface area (Å²) in [6, 6.07) is 6.19. The number of thiazole rings is 1. The largest absolute Gasteiger partial charge is 0.411 e. The molecule has 0 unspecified atom stereocenters. The molecule has 0 aliphatic heterocycles. The van der Waals surface area contributed by atoms with E-state index in [9.17, 15) is 18.0 Å². The molecule has 1 aromatic heterocycles. The Hall–Kier alpha value is -1.93. The number of carbonyl (C=O) groups excluding carboxylic acids is 1. The lowest BCUT2D eigenvalue weighted by atomic mass is 10.1. The van der Waals surface area contributed by atoms with Gasteiger partial charge in [-0.3, -0.25) is 10.1 Å². The van der Waals surface area contributed by atoms with Crippen LogP contribution in [-0.2, 0) is 11.3 Å². The lowest BCUT2D eigenvalue weighted by molar-refractivity contribution is -0.176. The number of ether oxygens (including phenoxy) is 1. The summed E-state index contributed by atoms with van der Waals surface area (Å²) < 4.78 is 40.5. The molecular weight excluding hydrogens is 329 g/mol. The Morgan fingerprint density at radius 1 is 1.26 bits per heavy atom. The number of carbonyl (C=O) groups is 1. The SMILES string of the molecule is Cc1nc(NC(=O)c2ccc(COCC(F)(F)F)cc2)sc1C. The van der Waals surface area contributed by atoms with E-state index in [0.29, 0.717) is 16.3 Å². The summed E-state index contributed by atoms with van der Waals surface area (Å²) in [5.41, 5.74) is 1.82. The van der Waals surface area contributed by atoms with Crippen molar-refractivity contribution in [2.45, 2.75) is 26.6 Å². The van der Waals surface area contributed by atoms with Crippen LogP contribution in [0, 0.1) is 13.8 Å². The summed E-state index contributed by atoms with van der Waals surface area (Å²) in [5, 5.41) is 3.21. The highest BCUT2D eigenvalue weighted by Gasteiger charge is 2.27. The highest BCUT2D eigenvalue weighted by atomic mass is 32.1. The Bertz CT molecular complexity index is 662. The maximum atomic E-state index is 12.1. The van der Waals surface area contributed by atoms with Crippen LogP contribution >= 0.6 is 11.3 Å². The Kier molecular flexibility index (Phi) is 5.38. The van der Waals surface area contributed by atoms with Crippen molar-refractivity contribution in [3.63, 3.8) is 0 Å². The number of halogens is 3. The van der Waals surface area contributed by atoms with E-state index in [1.165, 1.54) is 23.5 Å². The molecule has 23 heavy (non-hydrogen) atoms. The van der Waals surface area contributed by atoms with Gasteiger partial charge in [0, 0.05) is 10.4 Å². The van der Waals surface area contributed by atoms with Crippen molar-refractivity contribution in [3.05, 3.63) is 46.0 Å². The van der Waals surface area contributed by atoms with Gasteiger partial charge in [0.1, 0.15) is 6.61 Å². The van der Waals surface area contributed by atoms with E-state index >= 15 is 0 Å². The Balaban J connectivity index is 1.92. The van der Waals surface area contributed by atoms with Gasteiger partial charge in [-0.15, -0.1) is 11.3 Å². The molecule has 0 aliphatic carbocycles. The van der Waals surface area contributed by atoms with Crippen LogP contribution in [0.2, 0.25) is 0 Å². The number of hydrogen-bond donors (Lipinski definition) is 1. The highest BCUT2D eigenvalue weighted by Crippen LogP contribution is 2.22. The van der Waals surface area contributed by atoms with Crippen LogP contribution in [-0.4, -0.2) is 23.7 Å². The minimum absolute atomic E-state index is 0.160. The van der Waals surface area contributed by atoms with Gasteiger partial charge in [0.05, 0.1) is 12.3 Å². The smallest absolute Gasteiger partial charge is 0.367 e. The van der Waals surface area contributed by atoms with Crippen LogP contribution in [0.3, 0.4) is 0 Å². The fourth-order valence-corrected chi connectivity index (χ4v) is 2.54. The molecule has 2 rings (SSSR count). The topological polar surface area (TPSA) is 51.2 Å². The molecule has 0 fully saturated rings. The van der Waals surface area contributed by atoms with Gasteiger partial charge in [-0.05, 0) is 31.5 Å². The molecule has 1 heterocycles. The number of benzene rings is 1. The number of nitrogens with one attached hydrogen (secondary N) is 1. The van der Waals surface area contributed by atoms with E-state index in [0.717, 1.165) is 10.6 Å². The molecule has 1 N–H and O–H groups in total. The molecule has 0 saturated carbocycles. The third kappa shape index (κ3) is 5.33. The number of aromatic nitrogens is 1. The molecule has 4 nitrogen and oxygen atoms in total. The highest BCUT2D eigenvalue weighted by molar-refractivity contribution is 7.15. The number of aryl methyl sites for hydroxylation is 2. The Morgan fingerprint density at radius 2 is 1.91 bits per heavy atom. The van der Waals surface area contributed by atoms with Gasteiger partial charge in [-0.25, -0.2) is 4.98 Å². The predicted octanol–water partition coefficient (Wildman–Crippen LogP) is 4.09. The minimum atomic E-state index is -4.34. The number of nitrogens with zero attached hydrogens (tertiary/aromatic N) is 1. The van der Waals surface area contributed by atoms with Crippen LogP contribution in [0.1, 0.15) is 26.5 Å². The zero-order valence-corrected chi connectivity index (χ0v) is 13.3. The van der Waals surface area contributed by atoms with Gasteiger partial charge in [0.15, 0.2) is 5.13 Å². The molecule has 1 amide bonds. The molecular formula is C15H15F3N2O2S. The van der Waals surface area contributed by atoms with Gasteiger partial charge in [-0.1, -0.05) is 12.1 Å². The monoisotopic (exact) mass is 344 g/mol. The molecule has 0 bridgehead atoms. The third-order valence-corrected chi connectivity index (χ3v) is 3.99. The van der Waals surface area contributed by atoms with Gasteiger partial charge < -0.3 is 4.74 Å². The van der Waals surface area contributed by atoms with Gasteiger partial charge >= 0.3 is 6.18 Å². The first-order valence-electron chi connectivity index (χ1n) is 6.73. The van der Waals surface area contributed by atoms with Gasteiger partial charge in [0.2, 0.25) is 0 Å². The summed E-state index contributed by atoms with van der Waals surface area (Å²) in [5.74, 6) is -0.318. The molecule has 0 spiro atoms. The van der Waals surface area contributed by atoms with E-state index in [1.807, 2.05) is 13.8 Å². The van der Waals surface area contributed by atoms with Crippen molar-refractivity contribution < 1.29 is 22.7 Å². The van der Waals surface area contributed by atoms with E-state index in [1.54, 1.807) is 12.1 Å². The first-order valence-corrected chi connectivity index (χ1v) is 7.55. The zero-order valence-electron chi connectivity index (χ0n) is 12.5. The summed E-state index contributed by atoms with van der Waals surface area (Å²) >= 11 is 1.38. The van der Waals surface area contributed by atoms with Crippen molar-refractivity contribution in [2.75, 3.05) is 11.9 Å². The molecule has 0 atom stereocenters. The van der Waals surface area contributed by atoms with Crippen molar-refractivity contribution in [2.24, 2.45) is 0 Å². The second-order valence-electron chi connectivity index (χ2n) is 4.92. The van der Waals surface area contributed by atoms with Crippen LogP contribution < -0.4 is 5.32 Å². The Morgan fingerprint density at radius 3 is 2.43 bits per heavy atom. The van der Waals surface area contributed by atoms with E-state index in [4.69, 9.17) is 0 Å². The number of amides is 1. The quantitative estimate of drug-likeness (QED) is 0.889. The summed E-state index contributed by atoms with van der Waals surface area (Å²) in [6.07, 6.45) is -4.34. The van der Waals surface area contributed by atoms with E-state index in [2.05, 4.69) is 15.0 Å². The minimum Gasteiger partial charge on any atom is -0.367 e.